The molecule has 0 amide bonds. The molecule has 8 aromatic carbocycles. The van der Waals surface area contributed by atoms with Gasteiger partial charge in [-0.05, 0) is 128 Å². The molecule has 0 saturated carbocycles. The summed E-state index contributed by atoms with van der Waals surface area (Å²) in [7, 11) is 0. The van der Waals surface area contributed by atoms with Crippen molar-refractivity contribution in [1.82, 2.24) is 0 Å². The fourth-order valence-electron chi connectivity index (χ4n) is 8.84. The number of anilines is 3. The number of hydrogen-bond acceptors (Lipinski definition) is 1. The van der Waals surface area contributed by atoms with Gasteiger partial charge in [0.1, 0.15) is 0 Å². The predicted octanol–water partition coefficient (Wildman–Crippen LogP) is 12.4. The molecular weight excluding hydrogens is 579 g/mol. The van der Waals surface area contributed by atoms with Crippen molar-refractivity contribution in [3.05, 3.63) is 197 Å². The number of para-hydroxylation sites is 1. The molecule has 1 heteroatoms. The number of fused-ring (bicyclic) bond motifs is 13. The van der Waals surface area contributed by atoms with Gasteiger partial charge in [0.2, 0.25) is 0 Å². The zero-order chi connectivity index (χ0) is 32.0. The van der Waals surface area contributed by atoms with Crippen LogP contribution in [0.25, 0.3) is 43.8 Å². The Hall–Kier alpha value is -5.92. The third-order valence-electron chi connectivity index (χ3n) is 10.8. The molecule has 2 aliphatic carbocycles. The van der Waals surface area contributed by atoms with Crippen molar-refractivity contribution in [2.75, 3.05) is 4.90 Å². The number of nitrogens with zero attached hydrogens (tertiary/aromatic N) is 1. The summed E-state index contributed by atoms with van der Waals surface area (Å²) >= 11 is 0. The van der Waals surface area contributed by atoms with E-state index in [1.807, 2.05) is 0 Å². The molecule has 0 fully saturated rings. The average Bonchev–Trinajstić information content (AvgIpc) is 3.59. The summed E-state index contributed by atoms with van der Waals surface area (Å²) < 4.78 is 0. The second-order valence-electron chi connectivity index (χ2n) is 13.4. The van der Waals surface area contributed by atoms with Gasteiger partial charge in [-0.25, -0.2) is 0 Å². The molecule has 0 radical (unpaired) electrons. The van der Waals surface area contributed by atoms with Crippen LogP contribution in [-0.2, 0) is 5.41 Å². The van der Waals surface area contributed by atoms with Crippen LogP contribution in [-0.4, -0.2) is 0 Å². The van der Waals surface area contributed by atoms with Crippen molar-refractivity contribution in [1.29, 1.82) is 0 Å². The summed E-state index contributed by atoms with van der Waals surface area (Å²) in [5, 5.41) is 5.09. The topological polar surface area (TPSA) is 3.24 Å². The number of benzene rings is 8. The average molecular weight is 612 g/mol. The lowest BCUT2D eigenvalue weighted by Gasteiger charge is -2.31. The number of aryl methyl sites for hydroxylation is 2. The lowest BCUT2D eigenvalue weighted by Crippen LogP contribution is -2.25. The van der Waals surface area contributed by atoms with Gasteiger partial charge in [-0.1, -0.05) is 127 Å². The van der Waals surface area contributed by atoms with E-state index in [2.05, 4.69) is 183 Å². The van der Waals surface area contributed by atoms with Crippen molar-refractivity contribution in [2.45, 2.75) is 19.3 Å². The van der Waals surface area contributed by atoms with Crippen molar-refractivity contribution >= 4 is 38.6 Å². The monoisotopic (exact) mass is 611 g/mol. The summed E-state index contributed by atoms with van der Waals surface area (Å²) in [5.74, 6) is 0. The van der Waals surface area contributed by atoms with Crippen molar-refractivity contribution in [2.24, 2.45) is 0 Å². The molecule has 48 heavy (non-hydrogen) atoms. The van der Waals surface area contributed by atoms with Gasteiger partial charge in [0, 0.05) is 17.1 Å². The van der Waals surface area contributed by atoms with Crippen LogP contribution in [0.15, 0.2) is 164 Å². The van der Waals surface area contributed by atoms with Gasteiger partial charge in [-0.3, -0.25) is 0 Å². The molecule has 0 heterocycles. The van der Waals surface area contributed by atoms with Crippen LogP contribution >= 0.6 is 0 Å². The quantitative estimate of drug-likeness (QED) is 0.192. The van der Waals surface area contributed by atoms with Gasteiger partial charge < -0.3 is 4.90 Å². The van der Waals surface area contributed by atoms with Gasteiger partial charge in [0.25, 0.3) is 0 Å². The third-order valence-corrected chi connectivity index (χ3v) is 10.8. The molecule has 2 aliphatic rings. The zero-order valence-corrected chi connectivity index (χ0v) is 27.0. The van der Waals surface area contributed by atoms with Gasteiger partial charge in [-0.2, -0.15) is 0 Å². The predicted molar refractivity (Wildman–Crippen MR) is 202 cm³/mol. The van der Waals surface area contributed by atoms with E-state index < -0.39 is 5.41 Å². The third kappa shape index (κ3) is 3.62. The summed E-state index contributed by atoms with van der Waals surface area (Å²) in [4.78, 5) is 2.40. The highest BCUT2D eigenvalue weighted by atomic mass is 15.1. The Kier molecular flexibility index (Phi) is 5.69. The first kappa shape index (κ1) is 27.2. The van der Waals surface area contributed by atoms with E-state index in [-0.39, 0.29) is 0 Å². The minimum absolute atomic E-state index is 0.390. The summed E-state index contributed by atoms with van der Waals surface area (Å²) in [6.07, 6.45) is 0. The van der Waals surface area contributed by atoms with Gasteiger partial charge in [0.05, 0.1) is 5.41 Å². The van der Waals surface area contributed by atoms with E-state index in [0.29, 0.717) is 0 Å². The Bertz CT molecular complexity index is 2550. The van der Waals surface area contributed by atoms with Crippen LogP contribution in [0.1, 0.15) is 33.4 Å². The Morgan fingerprint density at radius 1 is 0.417 bits per heavy atom. The highest BCUT2D eigenvalue weighted by Gasteiger charge is 2.52. The molecule has 10 rings (SSSR count). The van der Waals surface area contributed by atoms with E-state index in [4.69, 9.17) is 0 Å². The normalized spacial score (nSPS) is 13.4. The van der Waals surface area contributed by atoms with E-state index in [9.17, 15) is 0 Å². The molecule has 0 aliphatic heterocycles. The van der Waals surface area contributed by atoms with E-state index in [0.717, 1.165) is 11.4 Å². The first-order valence-electron chi connectivity index (χ1n) is 16.9. The molecule has 0 atom stereocenters. The summed E-state index contributed by atoms with van der Waals surface area (Å²) in [5.41, 5.74) is 16.5. The Labute approximate surface area is 281 Å². The van der Waals surface area contributed by atoms with Crippen LogP contribution in [0, 0.1) is 13.8 Å². The van der Waals surface area contributed by atoms with Crippen molar-refractivity contribution in [3.8, 4) is 22.3 Å². The Morgan fingerprint density at radius 2 is 1.10 bits per heavy atom. The first-order valence-corrected chi connectivity index (χ1v) is 16.9. The fraction of sp³-hybridized carbons (Fsp3) is 0.0638. The highest BCUT2D eigenvalue weighted by molar-refractivity contribution is 6.09. The Balaban J connectivity index is 1.29. The zero-order valence-electron chi connectivity index (χ0n) is 27.0. The van der Waals surface area contributed by atoms with Gasteiger partial charge in [-0.15, -0.1) is 0 Å². The lowest BCUT2D eigenvalue weighted by molar-refractivity contribution is 0.795. The van der Waals surface area contributed by atoms with Crippen LogP contribution in [0.5, 0.6) is 0 Å². The maximum atomic E-state index is 2.51. The maximum absolute atomic E-state index is 2.51. The second-order valence-corrected chi connectivity index (χ2v) is 13.4. The molecule has 0 aromatic heterocycles. The molecule has 8 aromatic rings. The number of hydrogen-bond donors (Lipinski definition) is 0. The van der Waals surface area contributed by atoms with Gasteiger partial charge in [0.15, 0.2) is 0 Å². The minimum Gasteiger partial charge on any atom is -0.310 e. The van der Waals surface area contributed by atoms with Crippen molar-refractivity contribution < 1.29 is 0 Å². The second kappa shape index (κ2) is 10.0. The highest BCUT2D eigenvalue weighted by Crippen LogP contribution is 2.64. The maximum Gasteiger partial charge on any atom is 0.0725 e. The lowest BCUT2D eigenvalue weighted by atomic mass is 9.70. The first-order chi connectivity index (χ1) is 23.6. The smallest absolute Gasteiger partial charge is 0.0725 e. The molecule has 1 spiro atoms. The van der Waals surface area contributed by atoms with E-state index >= 15 is 0 Å². The summed E-state index contributed by atoms with van der Waals surface area (Å²) in [6.45, 7) is 4.38. The number of rotatable bonds is 3. The van der Waals surface area contributed by atoms with Crippen LogP contribution in [0.2, 0.25) is 0 Å². The van der Waals surface area contributed by atoms with Crippen molar-refractivity contribution in [3.63, 3.8) is 0 Å². The largest absolute Gasteiger partial charge is 0.310 e. The fourth-order valence-corrected chi connectivity index (χ4v) is 8.84. The van der Waals surface area contributed by atoms with Crippen LogP contribution < -0.4 is 4.90 Å². The SMILES string of the molecule is Cc1ccc(N(c2ccccc2)c2ccc3cc4c(cc3c2)C2(c3ccccc3-c3ccccc32)c2ccc3ccccc3c2-4)c(C)c1. The molecule has 1 nitrogen and oxygen atoms in total. The molecule has 0 saturated heterocycles. The molecule has 0 unspecified atom stereocenters. The van der Waals surface area contributed by atoms with Gasteiger partial charge >= 0.3 is 0 Å². The summed E-state index contributed by atoms with van der Waals surface area (Å²) in [6, 6.07) is 61.2. The molecule has 0 N–H and O–H groups in total. The minimum atomic E-state index is -0.390. The molecule has 226 valence electrons. The molecular formula is C47H33N. The Morgan fingerprint density at radius 3 is 1.88 bits per heavy atom. The van der Waals surface area contributed by atoms with E-state index in [1.165, 1.54) is 82.9 Å². The van der Waals surface area contributed by atoms with E-state index in [1.54, 1.807) is 0 Å². The molecule has 0 bridgehead atoms. The van der Waals surface area contributed by atoms with Crippen LogP contribution in [0.4, 0.5) is 17.1 Å². The standard InChI is InChI=1S/C47H33N/c1-30-20-25-45(31(2)26-30)48(35-13-4-3-5-14-35)36-23-21-33-28-40-44(29-34(33)27-36)47(43-24-22-32-12-6-7-15-37(32)46(40)43)41-18-10-8-16-38(41)39-17-9-11-19-42(39)47/h3-29H,1-2H3. The van der Waals surface area contributed by atoms with Crippen LogP contribution in [0.3, 0.4) is 0 Å².